The highest BCUT2D eigenvalue weighted by Crippen LogP contribution is 2.20. The highest BCUT2D eigenvalue weighted by Gasteiger charge is 2.30. The average molecular weight is 249 g/mol. The van der Waals surface area contributed by atoms with Gasteiger partial charge in [-0.25, -0.2) is 10.8 Å². The smallest absolute Gasteiger partial charge is 0.139 e. The zero-order valence-electron chi connectivity index (χ0n) is 11.5. The number of hydrazine groups is 1. The van der Waals surface area contributed by atoms with Gasteiger partial charge in [-0.2, -0.15) is 0 Å². The van der Waals surface area contributed by atoms with Crippen LogP contribution in [0.3, 0.4) is 0 Å². The van der Waals surface area contributed by atoms with E-state index in [0.29, 0.717) is 5.82 Å². The third kappa shape index (κ3) is 2.98. The number of aromatic nitrogens is 1. The molecular formula is C13H23N5. The normalized spacial score (nSPS) is 20.9. The van der Waals surface area contributed by atoms with Crippen molar-refractivity contribution in [3.63, 3.8) is 0 Å². The molecule has 0 bridgehead atoms. The SMILES string of the molecule is CN1CCN(Cc2ccc(NN)nc2)CC1(C)C. The van der Waals surface area contributed by atoms with Crippen LogP contribution in [0.5, 0.6) is 0 Å². The van der Waals surface area contributed by atoms with E-state index in [9.17, 15) is 0 Å². The minimum absolute atomic E-state index is 0.241. The first-order valence-electron chi connectivity index (χ1n) is 6.36. The predicted molar refractivity (Wildman–Crippen MR) is 74.0 cm³/mol. The molecule has 0 aromatic carbocycles. The van der Waals surface area contributed by atoms with E-state index in [1.54, 1.807) is 0 Å². The maximum absolute atomic E-state index is 5.31. The van der Waals surface area contributed by atoms with E-state index < -0.39 is 0 Å². The quantitative estimate of drug-likeness (QED) is 0.615. The van der Waals surface area contributed by atoms with Crippen LogP contribution in [0, 0.1) is 0 Å². The standard InChI is InChI=1S/C13H23N5/c1-13(2)10-18(7-6-17(13)3)9-11-4-5-12(16-14)15-8-11/h4-5,8H,6-7,9-10,14H2,1-3H3,(H,15,16). The molecule has 100 valence electrons. The molecule has 0 saturated carbocycles. The summed E-state index contributed by atoms with van der Waals surface area (Å²) in [5, 5.41) is 0. The van der Waals surface area contributed by atoms with E-state index >= 15 is 0 Å². The van der Waals surface area contributed by atoms with E-state index in [4.69, 9.17) is 5.84 Å². The molecule has 5 nitrogen and oxygen atoms in total. The second-order valence-electron chi connectivity index (χ2n) is 5.64. The molecule has 1 aliphatic heterocycles. The molecule has 2 heterocycles. The molecule has 1 saturated heterocycles. The molecule has 1 fully saturated rings. The van der Waals surface area contributed by atoms with E-state index in [1.807, 2.05) is 12.3 Å². The van der Waals surface area contributed by atoms with Crippen LogP contribution < -0.4 is 11.3 Å². The maximum Gasteiger partial charge on any atom is 0.139 e. The predicted octanol–water partition coefficient (Wildman–Crippen LogP) is 0.893. The van der Waals surface area contributed by atoms with Crippen molar-refractivity contribution >= 4 is 5.82 Å². The van der Waals surface area contributed by atoms with Gasteiger partial charge in [0.25, 0.3) is 0 Å². The Labute approximate surface area is 109 Å². The van der Waals surface area contributed by atoms with Crippen LogP contribution in [-0.2, 0) is 6.54 Å². The molecule has 1 aliphatic rings. The van der Waals surface area contributed by atoms with Gasteiger partial charge in [-0.3, -0.25) is 9.80 Å². The number of nitrogens with one attached hydrogen (secondary N) is 1. The molecule has 0 unspecified atom stereocenters. The fourth-order valence-electron chi connectivity index (χ4n) is 2.34. The van der Waals surface area contributed by atoms with Gasteiger partial charge in [-0.1, -0.05) is 6.07 Å². The summed E-state index contributed by atoms with van der Waals surface area (Å²) in [4.78, 5) is 9.14. The Bertz CT molecular complexity index is 387. The number of piperazine rings is 1. The summed E-state index contributed by atoms with van der Waals surface area (Å²) in [6, 6.07) is 3.99. The topological polar surface area (TPSA) is 57.4 Å². The van der Waals surface area contributed by atoms with Crippen molar-refractivity contribution in [3.8, 4) is 0 Å². The minimum atomic E-state index is 0.241. The molecule has 1 aromatic rings. The van der Waals surface area contributed by atoms with E-state index in [1.165, 1.54) is 5.56 Å². The van der Waals surface area contributed by atoms with Crippen molar-refractivity contribution in [3.05, 3.63) is 23.9 Å². The second kappa shape index (κ2) is 5.22. The molecule has 3 N–H and O–H groups in total. The number of rotatable bonds is 3. The fourth-order valence-corrected chi connectivity index (χ4v) is 2.34. The van der Waals surface area contributed by atoms with Crippen LogP contribution in [-0.4, -0.2) is 47.0 Å². The van der Waals surface area contributed by atoms with Gasteiger partial charge in [0.05, 0.1) is 0 Å². The first-order chi connectivity index (χ1) is 8.51. The summed E-state index contributed by atoms with van der Waals surface area (Å²) >= 11 is 0. The minimum Gasteiger partial charge on any atom is -0.308 e. The molecule has 5 heteroatoms. The van der Waals surface area contributed by atoms with Crippen molar-refractivity contribution in [2.45, 2.75) is 25.9 Å². The number of hydrogen-bond acceptors (Lipinski definition) is 5. The third-order valence-corrected chi connectivity index (χ3v) is 3.77. The highest BCUT2D eigenvalue weighted by molar-refractivity contribution is 5.33. The first kappa shape index (κ1) is 13.3. The highest BCUT2D eigenvalue weighted by atomic mass is 15.3. The van der Waals surface area contributed by atoms with Crippen molar-refractivity contribution < 1.29 is 0 Å². The molecule has 0 radical (unpaired) electrons. The fraction of sp³-hybridized carbons (Fsp3) is 0.615. The van der Waals surface area contributed by atoms with Gasteiger partial charge in [0.1, 0.15) is 5.82 Å². The van der Waals surface area contributed by atoms with E-state index in [-0.39, 0.29) is 5.54 Å². The lowest BCUT2D eigenvalue weighted by Crippen LogP contribution is -2.57. The molecule has 0 spiro atoms. The summed E-state index contributed by atoms with van der Waals surface area (Å²) in [5.74, 6) is 6.01. The summed E-state index contributed by atoms with van der Waals surface area (Å²) in [7, 11) is 2.20. The number of nitrogens with two attached hydrogens (primary N) is 1. The second-order valence-corrected chi connectivity index (χ2v) is 5.64. The largest absolute Gasteiger partial charge is 0.308 e. The lowest BCUT2D eigenvalue weighted by Gasteiger charge is -2.45. The lowest BCUT2D eigenvalue weighted by atomic mass is 9.99. The van der Waals surface area contributed by atoms with Crippen molar-refractivity contribution in [1.29, 1.82) is 0 Å². The molecule has 0 aliphatic carbocycles. The number of nitrogens with zero attached hydrogens (tertiary/aromatic N) is 3. The van der Waals surface area contributed by atoms with Crippen LogP contribution in [0.1, 0.15) is 19.4 Å². The molecule has 18 heavy (non-hydrogen) atoms. The summed E-state index contributed by atoms with van der Waals surface area (Å²) in [6.07, 6.45) is 1.89. The molecule has 1 aromatic heterocycles. The maximum atomic E-state index is 5.31. The molecular weight excluding hydrogens is 226 g/mol. The van der Waals surface area contributed by atoms with Crippen LogP contribution in [0.4, 0.5) is 5.82 Å². The molecule has 0 amide bonds. The Morgan fingerprint density at radius 3 is 2.72 bits per heavy atom. The molecule has 2 rings (SSSR count). The Hall–Kier alpha value is -1.17. The van der Waals surface area contributed by atoms with Gasteiger partial charge in [-0.05, 0) is 32.5 Å². The van der Waals surface area contributed by atoms with Crippen LogP contribution in [0.15, 0.2) is 18.3 Å². The number of hydrogen-bond donors (Lipinski definition) is 2. The van der Waals surface area contributed by atoms with Crippen molar-refractivity contribution in [2.75, 3.05) is 32.1 Å². The Morgan fingerprint density at radius 2 is 2.17 bits per heavy atom. The zero-order chi connectivity index (χ0) is 13.2. The summed E-state index contributed by atoms with van der Waals surface area (Å²) < 4.78 is 0. The average Bonchev–Trinajstić information content (AvgIpc) is 2.34. The number of pyridine rings is 1. The summed E-state index contributed by atoms with van der Waals surface area (Å²) in [6.45, 7) is 8.84. The van der Waals surface area contributed by atoms with Gasteiger partial charge in [0.15, 0.2) is 0 Å². The Balaban J connectivity index is 1.97. The van der Waals surface area contributed by atoms with Gasteiger partial charge in [-0.15, -0.1) is 0 Å². The molecule has 0 atom stereocenters. The first-order valence-corrected chi connectivity index (χ1v) is 6.36. The van der Waals surface area contributed by atoms with Gasteiger partial charge >= 0.3 is 0 Å². The number of anilines is 1. The van der Waals surface area contributed by atoms with Crippen LogP contribution in [0.25, 0.3) is 0 Å². The Kier molecular flexibility index (Phi) is 3.85. The lowest BCUT2D eigenvalue weighted by molar-refractivity contribution is 0.0359. The van der Waals surface area contributed by atoms with E-state index in [0.717, 1.165) is 26.2 Å². The van der Waals surface area contributed by atoms with Crippen LogP contribution in [0.2, 0.25) is 0 Å². The van der Waals surface area contributed by atoms with Crippen molar-refractivity contribution in [1.82, 2.24) is 14.8 Å². The van der Waals surface area contributed by atoms with Gasteiger partial charge in [0.2, 0.25) is 0 Å². The Morgan fingerprint density at radius 1 is 1.39 bits per heavy atom. The van der Waals surface area contributed by atoms with Crippen molar-refractivity contribution in [2.24, 2.45) is 5.84 Å². The monoisotopic (exact) mass is 249 g/mol. The summed E-state index contributed by atoms with van der Waals surface area (Å²) in [5.41, 5.74) is 4.02. The van der Waals surface area contributed by atoms with Crippen LogP contribution >= 0.6 is 0 Å². The van der Waals surface area contributed by atoms with E-state index in [2.05, 4.69) is 47.2 Å². The van der Waals surface area contributed by atoms with Gasteiger partial charge < -0.3 is 5.43 Å². The number of likely N-dealkylation sites (N-methyl/N-ethyl adjacent to an activating group) is 1. The zero-order valence-corrected chi connectivity index (χ0v) is 11.5. The van der Waals surface area contributed by atoms with Gasteiger partial charge in [0, 0.05) is 37.9 Å². The number of nitrogen functional groups attached to an aromatic ring is 1. The third-order valence-electron chi connectivity index (χ3n) is 3.77.